The van der Waals surface area contributed by atoms with Gasteiger partial charge in [0.2, 0.25) is 0 Å². The summed E-state index contributed by atoms with van der Waals surface area (Å²) in [5, 5.41) is 18.4. The van der Waals surface area contributed by atoms with Gasteiger partial charge in [0, 0.05) is 12.0 Å². The van der Waals surface area contributed by atoms with Gasteiger partial charge < -0.3 is 14.9 Å². The molecule has 1 atom stereocenters. The van der Waals surface area contributed by atoms with Crippen LogP contribution in [0.1, 0.15) is 52.7 Å². The zero-order valence-corrected chi connectivity index (χ0v) is 11.3. The van der Waals surface area contributed by atoms with Crippen molar-refractivity contribution in [2.24, 2.45) is 0 Å². The zero-order chi connectivity index (χ0) is 15.3. The smallest absolute Gasteiger partial charge is 0.338 e. The molecule has 0 radical (unpaired) electrons. The summed E-state index contributed by atoms with van der Waals surface area (Å²) in [7, 11) is 0. The Balaban J connectivity index is 3.31. The van der Waals surface area contributed by atoms with Crippen molar-refractivity contribution >= 4 is 17.7 Å². The highest BCUT2D eigenvalue weighted by molar-refractivity contribution is 5.99. The molecule has 0 saturated heterocycles. The molecule has 0 saturated carbocycles. The third-order valence-corrected chi connectivity index (χ3v) is 2.66. The molecule has 0 amide bonds. The number of carbonyl (C=O) groups is 3. The van der Waals surface area contributed by atoms with Gasteiger partial charge in [-0.2, -0.15) is 0 Å². The lowest BCUT2D eigenvalue weighted by Gasteiger charge is -2.10. The Bertz CT molecular complexity index is 534. The molecule has 0 aliphatic carbocycles. The molecular formula is C14H16O6. The Morgan fingerprint density at radius 2 is 1.75 bits per heavy atom. The maximum absolute atomic E-state index is 11.7. The van der Waals surface area contributed by atoms with Crippen LogP contribution in [0.5, 0.6) is 0 Å². The van der Waals surface area contributed by atoms with E-state index in [-0.39, 0.29) is 35.5 Å². The van der Waals surface area contributed by atoms with E-state index >= 15 is 0 Å². The lowest BCUT2D eigenvalue weighted by Crippen LogP contribution is -2.14. The van der Waals surface area contributed by atoms with Gasteiger partial charge in [-0.05, 0) is 30.7 Å². The number of ketones is 1. The van der Waals surface area contributed by atoms with Crippen LogP contribution in [-0.4, -0.2) is 34.5 Å². The van der Waals surface area contributed by atoms with Crippen molar-refractivity contribution in [2.45, 2.75) is 26.4 Å². The minimum atomic E-state index is -1.80. The third-order valence-electron chi connectivity index (χ3n) is 2.66. The van der Waals surface area contributed by atoms with E-state index in [1.54, 1.807) is 13.8 Å². The fourth-order valence-corrected chi connectivity index (χ4v) is 1.65. The first-order valence-electron chi connectivity index (χ1n) is 6.16. The molecule has 0 spiro atoms. The van der Waals surface area contributed by atoms with Gasteiger partial charge in [-0.1, -0.05) is 6.92 Å². The van der Waals surface area contributed by atoms with Crippen LogP contribution < -0.4 is 0 Å². The number of carboxylic acid groups (broad SMARTS) is 1. The molecule has 0 bridgehead atoms. The van der Waals surface area contributed by atoms with Gasteiger partial charge in [-0.15, -0.1) is 0 Å². The summed E-state index contributed by atoms with van der Waals surface area (Å²) in [6, 6.07) is 3.82. The summed E-state index contributed by atoms with van der Waals surface area (Å²) in [6.45, 7) is 3.43. The second kappa shape index (κ2) is 6.81. The molecule has 0 aliphatic heterocycles. The molecular weight excluding hydrogens is 264 g/mol. The number of benzene rings is 1. The van der Waals surface area contributed by atoms with E-state index in [9.17, 15) is 19.5 Å². The number of rotatable bonds is 6. The zero-order valence-electron chi connectivity index (χ0n) is 11.3. The first-order chi connectivity index (χ1) is 9.40. The molecule has 1 aromatic rings. The highest BCUT2D eigenvalue weighted by Gasteiger charge is 2.20. The van der Waals surface area contributed by atoms with Gasteiger partial charge in [-0.25, -0.2) is 9.59 Å². The summed E-state index contributed by atoms with van der Waals surface area (Å²) in [6.07, 6.45) is -1.60. The Morgan fingerprint density at radius 1 is 1.15 bits per heavy atom. The number of aliphatic carboxylic acids is 1. The Labute approximate surface area is 116 Å². The van der Waals surface area contributed by atoms with Gasteiger partial charge in [0.15, 0.2) is 11.9 Å². The summed E-state index contributed by atoms with van der Waals surface area (Å²) < 4.78 is 4.81. The molecule has 6 nitrogen and oxygen atoms in total. The van der Waals surface area contributed by atoms with Gasteiger partial charge in [0.1, 0.15) is 0 Å². The molecule has 1 unspecified atom stereocenters. The number of esters is 1. The molecule has 2 N–H and O–H groups in total. The van der Waals surface area contributed by atoms with Crippen LogP contribution >= 0.6 is 0 Å². The number of hydrogen-bond acceptors (Lipinski definition) is 5. The average Bonchev–Trinajstić information content (AvgIpc) is 2.45. The number of ether oxygens (including phenoxy) is 1. The standard InChI is InChI=1S/C14H16O6/c1-3-11(15)8-5-9(12(16)13(17)18)7-10(6-8)14(19)20-4-2/h5-7,12,16H,3-4H2,1-2H3,(H,17,18). The topological polar surface area (TPSA) is 101 Å². The fourth-order valence-electron chi connectivity index (χ4n) is 1.65. The monoisotopic (exact) mass is 280 g/mol. The number of hydrogen-bond donors (Lipinski definition) is 2. The number of carboxylic acids is 1. The van der Waals surface area contributed by atoms with E-state index in [0.717, 1.165) is 0 Å². The normalized spacial score (nSPS) is 11.8. The first kappa shape index (κ1) is 15.8. The van der Waals surface area contributed by atoms with Crippen LogP contribution in [0.2, 0.25) is 0 Å². The predicted octanol–water partition coefficient (Wildman–Crippen LogP) is 1.57. The van der Waals surface area contributed by atoms with Crippen molar-refractivity contribution in [1.29, 1.82) is 0 Å². The molecule has 1 rings (SSSR count). The minimum Gasteiger partial charge on any atom is -0.479 e. The van der Waals surface area contributed by atoms with Crippen molar-refractivity contribution < 1.29 is 29.3 Å². The van der Waals surface area contributed by atoms with Crippen molar-refractivity contribution in [1.82, 2.24) is 0 Å². The molecule has 108 valence electrons. The van der Waals surface area contributed by atoms with E-state index in [1.165, 1.54) is 18.2 Å². The van der Waals surface area contributed by atoms with Crippen LogP contribution in [0.25, 0.3) is 0 Å². The molecule has 0 aliphatic rings. The Hall–Kier alpha value is -2.21. The molecule has 20 heavy (non-hydrogen) atoms. The molecule has 6 heteroatoms. The van der Waals surface area contributed by atoms with E-state index in [1.807, 2.05) is 0 Å². The van der Waals surface area contributed by atoms with Gasteiger partial charge >= 0.3 is 11.9 Å². The number of aliphatic hydroxyl groups excluding tert-OH is 1. The van der Waals surface area contributed by atoms with E-state index in [0.29, 0.717) is 0 Å². The average molecular weight is 280 g/mol. The number of Topliss-reactive ketones (excluding diaryl/α,β-unsaturated/α-hetero) is 1. The van der Waals surface area contributed by atoms with Crippen LogP contribution in [0, 0.1) is 0 Å². The lowest BCUT2D eigenvalue weighted by atomic mass is 9.98. The highest BCUT2D eigenvalue weighted by Crippen LogP contribution is 2.19. The predicted molar refractivity (Wildman–Crippen MR) is 69.6 cm³/mol. The van der Waals surface area contributed by atoms with Gasteiger partial charge in [0.25, 0.3) is 0 Å². The van der Waals surface area contributed by atoms with Crippen LogP contribution in [0.3, 0.4) is 0 Å². The largest absolute Gasteiger partial charge is 0.479 e. The van der Waals surface area contributed by atoms with Crippen molar-refractivity contribution in [3.8, 4) is 0 Å². The second-order valence-corrected chi connectivity index (χ2v) is 4.08. The van der Waals surface area contributed by atoms with Crippen molar-refractivity contribution in [3.63, 3.8) is 0 Å². The molecule has 0 fully saturated rings. The lowest BCUT2D eigenvalue weighted by molar-refractivity contribution is -0.146. The van der Waals surface area contributed by atoms with E-state index in [4.69, 9.17) is 9.84 Å². The summed E-state index contributed by atoms with van der Waals surface area (Å²) in [5.74, 6) is -2.38. The summed E-state index contributed by atoms with van der Waals surface area (Å²) >= 11 is 0. The second-order valence-electron chi connectivity index (χ2n) is 4.08. The fraction of sp³-hybridized carbons (Fsp3) is 0.357. The van der Waals surface area contributed by atoms with Crippen LogP contribution in [0.15, 0.2) is 18.2 Å². The molecule has 1 aromatic carbocycles. The van der Waals surface area contributed by atoms with Gasteiger partial charge in [0.05, 0.1) is 12.2 Å². The van der Waals surface area contributed by atoms with Crippen molar-refractivity contribution in [3.05, 3.63) is 34.9 Å². The van der Waals surface area contributed by atoms with Crippen LogP contribution in [0.4, 0.5) is 0 Å². The highest BCUT2D eigenvalue weighted by atomic mass is 16.5. The Morgan fingerprint density at radius 3 is 2.25 bits per heavy atom. The molecule has 0 aromatic heterocycles. The molecule has 0 heterocycles. The third kappa shape index (κ3) is 3.64. The van der Waals surface area contributed by atoms with E-state index in [2.05, 4.69) is 0 Å². The maximum atomic E-state index is 11.7. The minimum absolute atomic E-state index is 0.0279. The quantitative estimate of drug-likeness (QED) is 0.606. The summed E-state index contributed by atoms with van der Waals surface area (Å²) in [5.41, 5.74) is 0.189. The summed E-state index contributed by atoms with van der Waals surface area (Å²) in [4.78, 5) is 34.2. The SMILES string of the molecule is CCOC(=O)c1cc(C(=O)CC)cc(C(O)C(=O)O)c1. The maximum Gasteiger partial charge on any atom is 0.338 e. The number of aliphatic hydroxyl groups is 1. The Kier molecular flexibility index (Phi) is 5.40. The number of carbonyl (C=O) groups excluding carboxylic acids is 2. The first-order valence-corrected chi connectivity index (χ1v) is 6.16. The van der Waals surface area contributed by atoms with E-state index < -0.39 is 18.0 Å². The van der Waals surface area contributed by atoms with Crippen molar-refractivity contribution in [2.75, 3.05) is 6.61 Å². The van der Waals surface area contributed by atoms with Gasteiger partial charge in [-0.3, -0.25) is 4.79 Å². The van der Waals surface area contributed by atoms with Crippen LogP contribution in [-0.2, 0) is 9.53 Å².